The van der Waals surface area contributed by atoms with Crippen LogP contribution in [0.15, 0.2) is 60.2 Å². The van der Waals surface area contributed by atoms with Crippen molar-refractivity contribution in [3.63, 3.8) is 0 Å². The average molecular weight is 691 g/mol. The Labute approximate surface area is 283 Å². The summed E-state index contributed by atoms with van der Waals surface area (Å²) in [6.07, 6.45) is -5.90. The second kappa shape index (κ2) is 14.6. The van der Waals surface area contributed by atoms with Gasteiger partial charge in [-0.1, -0.05) is 63.2 Å². The normalized spacial score (nSPS) is 16.9. The summed E-state index contributed by atoms with van der Waals surface area (Å²) in [6.45, 7) is 17.1. The van der Waals surface area contributed by atoms with Gasteiger partial charge in [0, 0.05) is 23.7 Å². The molecule has 1 aliphatic carbocycles. The summed E-state index contributed by atoms with van der Waals surface area (Å²) in [7, 11) is -1.91. The monoisotopic (exact) mass is 690 g/mol. The van der Waals surface area contributed by atoms with Crippen molar-refractivity contribution in [3.8, 4) is 5.75 Å². The van der Waals surface area contributed by atoms with Crippen molar-refractivity contribution >= 4 is 25.9 Å². The van der Waals surface area contributed by atoms with Crippen molar-refractivity contribution in [2.45, 2.75) is 103 Å². The van der Waals surface area contributed by atoms with E-state index in [1.807, 2.05) is 12.1 Å². The molecule has 1 saturated carbocycles. The molecule has 0 saturated heterocycles. The largest absolute Gasteiger partial charge is 0.524 e. The number of benzene rings is 2. The molecule has 0 spiro atoms. The summed E-state index contributed by atoms with van der Waals surface area (Å²) >= 11 is 0. The predicted molar refractivity (Wildman–Crippen MR) is 181 cm³/mol. The number of nitrogens with zero attached hydrogens (tertiary/aromatic N) is 2. The number of carbonyl (C=O) groups excluding carboxylic acids is 2. The van der Waals surface area contributed by atoms with Gasteiger partial charge >= 0.3 is 12.5 Å². The minimum atomic E-state index is -4.99. The van der Waals surface area contributed by atoms with Gasteiger partial charge in [0.2, 0.25) is 0 Å². The van der Waals surface area contributed by atoms with Crippen molar-refractivity contribution in [3.05, 3.63) is 71.3 Å². The van der Waals surface area contributed by atoms with E-state index in [1.54, 1.807) is 51.1 Å². The molecular weight excluding hydrogens is 641 g/mol. The molecule has 2 aromatic carbocycles. The molecule has 1 fully saturated rings. The van der Waals surface area contributed by atoms with Crippen LogP contribution in [0.1, 0.15) is 78.2 Å². The van der Waals surface area contributed by atoms with E-state index in [-0.39, 0.29) is 29.3 Å². The van der Waals surface area contributed by atoms with Crippen LogP contribution in [0, 0.1) is 0 Å². The Kier molecular flexibility index (Phi) is 11.4. The van der Waals surface area contributed by atoms with Crippen LogP contribution in [0.2, 0.25) is 18.1 Å². The Morgan fingerprint density at radius 2 is 1.56 bits per heavy atom. The second-order valence-electron chi connectivity index (χ2n) is 14.9. The molecule has 0 N–H and O–H groups in total. The van der Waals surface area contributed by atoms with Crippen LogP contribution < -0.4 is 4.74 Å². The fraction of sp³-hybridized carbons (Fsp3) is 0.556. The Hall–Kier alpha value is -3.35. The molecule has 0 radical (unpaired) electrons. The molecule has 1 aliphatic heterocycles. The minimum Gasteiger partial charge on any atom is -0.491 e. The second-order valence-corrected chi connectivity index (χ2v) is 19.7. The third kappa shape index (κ3) is 10.1. The molecule has 2 aromatic rings. The maximum atomic E-state index is 14.5. The van der Waals surface area contributed by atoms with E-state index < -0.39 is 44.6 Å². The molecule has 48 heavy (non-hydrogen) atoms. The molecular formula is C36H49F3N2O6Si. The lowest BCUT2D eigenvalue weighted by atomic mass is 9.92. The number of halogens is 3. The molecule has 2 aliphatic rings. The molecule has 1 unspecified atom stereocenters. The Morgan fingerprint density at radius 1 is 0.938 bits per heavy atom. The fourth-order valence-corrected chi connectivity index (χ4v) is 6.21. The summed E-state index contributed by atoms with van der Waals surface area (Å²) in [4.78, 5) is 30.3. The lowest BCUT2D eigenvalue weighted by Gasteiger charge is -2.37. The van der Waals surface area contributed by atoms with E-state index in [4.69, 9.17) is 13.9 Å². The van der Waals surface area contributed by atoms with Crippen molar-refractivity contribution in [1.29, 1.82) is 0 Å². The highest BCUT2D eigenvalue weighted by molar-refractivity contribution is 6.74. The number of amides is 2. The molecule has 8 nitrogen and oxygen atoms in total. The summed E-state index contributed by atoms with van der Waals surface area (Å²) < 4.78 is 63.8. The minimum absolute atomic E-state index is 0.0889. The maximum absolute atomic E-state index is 14.5. The maximum Gasteiger partial charge on any atom is 0.524 e. The number of rotatable bonds is 11. The molecule has 2 amide bonds. The smallest absolute Gasteiger partial charge is 0.491 e. The van der Waals surface area contributed by atoms with Crippen LogP contribution in [-0.2, 0) is 18.7 Å². The van der Waals surface area contributed by atoms with Gasteiger partial charge in [0.1, 0.15) is 18.0 Å². The highest BCUT2D eigenvalue weighted by Crippen LogP contribution is 2.41. The van der Waals surface area contributed by atoms with Gasteiger partial charge < -0.3 is 23.7 Å². The zero-order valence-electron chi connectivity index (χ0n) is 29.3. The highest BCUT2D eigenvalue weighted by Gasteiger charge is 2.46. The van der Waals surface area contributed by atoms with Gasteiger partial charge in [0.15, 0.2) is 14.5 Å². The van der Waals surface area contributed by atoms with Crippen LogP contribution in [-0.4, -0.2) is 74.4 Å². The third-order valence-corrected chi connectivity index (χ3v) is 13.4. The number of hydrogen-bond acceptors (Lipinski definition) is 6. The average Bonchev–Trinajstić information content (AvgIpc) is 3.83. The first-order valence-corrected chi connectivity index (χ1v) is 19.4. The van der Waals surface area contributed by atoms with Crippen LogP contribution in [0.5, 0.6) is 5.75 Å². The number of alkyl halides is 3. The van der Waals surface area contributed by atoms with Crippen molar-refractivity contribution in [2.24, 2.45) is 0 Å². The topological polar surface area (TPSA) is 77.5 Å². The Morgan fingerprint density at radius 3 is 2.10 bits per heavy atom. The molecule has 0 bridgehead atoms. The summed E-state index contributed by atoms with van der Waals surface area (Å²) in [5.74, 6) is 0.0153. The quantitative estimate of drug-likeness (QED) is 0.133. The first-order chi connectivity index (χ1) is 22.3. The molecule has 1 atom stereocenters. The van der Waals surface area contributed by atoms with E-state index in [2.05, 4.69) is 38.6 Å². The predicted octanol–water partition coefficient (Wildman–Crippen LogP) is 8.71. The van der Waals surface area contributed by atoms with E-state index >= 15 is 0 Å². The Balaban J connectivity index is 1.65. The lowest BCUT2D eigenvalue weighted by Crippen LogP contribution is -2.46. The van der Waals surface area contributed by atoms with Crippen LogP contribution in [0.3, 0.4) is 0 Å². The fourth-order valence-electron chi connectivity index (χ4n) is 5.19. The van der Waals surface area contributed by atoms with Gasteiger partial charge in [-0.15, -0.1) is 13.2 Å². The highest BCUT2D eigenvalue weighted by atomic mass is 28.4. The van der Waals surface area contributed by atoms with Gasteiger partial charge in [-0.05, 0) is 81.4 Å². The third-order valence-electron chi connectivity index (χ3n) is 8.84. The van der Waals surface area contributed by atoms with Crippen LogP contribution in [0.25, 0.3) is 5.57 Å². The van der Waals surface area contributed by atoms with Gasteiger partial charge in [-0.3, -0.25) is 9.53 Å². The first-order valence-electron chi connectivity index (χ1n) is 16.4. The van der Waals surface area contributed by atoms with Gasteiger partial charge in [0.05, 0.1) is 13.2 Å². The van der Waals surface area contributed by atoms with Crippen LogP contribution >= 0.6 is 0 Å². The molecule has 4 rings (SSSR count). The van der Waals surface area contributed by atoms with Crippen LogP contribution in [0.4, 0.5) is 18.0 Å². The van der Waals surface area contributed by atoms with E-state index in [9.17, 15) is 22.8 Å². The number of carbonyl (C=O) groups is 2. The Bertz CT molecular complexity index is 1450. The number of hydrogen-bond donors (Lipinski definition) is 0. The zero-order chi connectivity index (χ0) is 35.5. The van der Waals surface area contributed by atoms with E-state index in [0.29, 0.717) is 43.8 Å². The van der Waals surface area contributed by atoms with Crippen molar-refractivity contribution < 1.29 is 41.4 Å². The van der Waals surface area contributed by atoms with Crippen molar-refractivity contribution in [1.82, 2.24) is 9.80 Å². The van der Waals surface area contributed by atoms with E-state index in [1.165, 1.54) is 21.9 Å². The lowest BCUT2D eigenvalue weighted by molar-refractivity contribution is -0.360. The molecule has 1 heterocycles. The van der Waals surface area contributed by atoms with E-state index in [0.717, 1.165) is 5.56 Å². The summed E-state index contributed by atoms with van der Waals surface area (Å²) in [5, 5.41) is 0.0889. The van der Waals surface area contributed by atoms with Gasteiger partial charge in [-0.2, -0.15) is 0 Å². The summed E-state index contributed by atoms with van der Waals surface area (Å²) in [5.41, 5.74) is 1.03. The molecule has 264 valence electrons. The standard InChI is InChI=1S/C36H49F3N2O6Si/c1-34(2,3)47-33(43)40-21-20-29(25-14-18-28(19-15-25)44-22-23-45-48(7,8)35(4,5)6)30(24-40)31(42)41(27-16-17-27)32(46-36(37,38)39)26-12-10-9-11-13-26/h9-15,18-19,27,32H,16-17,20-24H2,1-8H3. The zero-order valence-corrected chi connectivity index (χ0v) is 30.3. The first kappa shape index (κ1) is 37.5. The SMILES string of the molecule is CC(C)(C)OC(=O)N1CCC(c2ccc(OCCO[Si](C)(C)C(C)(C)C)cc2)=C(C(=O)N(C2CC2)C(OC(F)(F)F)c2ccccc2)C1. The molecule has 0 aromatic heterocycles. The van der Waals surface area contributed by atoms with Gasteiger partial charge in [0.25, 0.3) is 5.91 Å². The van der Waals surface area contributed by atoms with Crippen molar-refractivity contribution in [2.75, 3.05) is 26.3 Å². The number of ether oxygens (including phenoxy) is 3. The van der Waals surface area contributed by atoms with Gasteiger partial charge in [-0.25, -0.2) is 4.79 Å². The molecule has 12 heteroatoms. The summed E-state index contributed by atoms with van der Waals surface area (Å²) in [6, 6.07) is 14.7.